The van der Waals surface area contributed by atoms with Crippen LogP contribution in [-0.2, 0) is 0 Å². The lowest BCUT2D eigenvalue weighted by molar-refractivity contribution is 0.102. The second-order valence-corrected chi connectivity index (χ2v) is 3.62. The minimum absolute atomic E-state index is 0.234. The van der Waals surface area contributed by atoms with Crippen LogP contribution in [0.5, 0.6) is 0 Å². The van der Waals surface area contributed by atoms with Gasteiger partial charge in [0.15, 0.2) is 0 Å². The predicted molar refractivity (Wildman–Crippen MR) is 67.8 cm³/mol. The van der Waals surface area contributed by atoms with Gasteiger partial charge in [0.25, 0.3) is 5.91 Å². The largest absolute Gasteiger partial charge is 0.399 e. The fourth-order valence-corrected chi connectivity index (χ4v) is 1.43. The maximum Gasteiger partial charge on any atom is 0.274 e. The van der Waals surface area contributed by atoms with E-state index in [2.05, 4.69) is 10.3 Å². The molecule has 0 saturated carbocycles. The number of hydrogen-bond acceptors (Lipinski definition) is 4. The quantitative estimate of drug-likeness (QED) is 0.834. The fraction of sp³-hybridized carbons (Fsp3) is 0. The molecule has 0 saturated heterocycles. The summed E-state index contributed by atoms with van der Waals surface area (Å²) < 4.78 is 0. The molecule has 0 bridgehead atoms. The Bertz CT molecular complexity index is 631. The Morgan fingerprint density at radius 2 is 2.17 bits per heavy atom. The monoisotopic (exact) mass is 238 g/mol. The van der Waals surface area contributed by atoms with Gasteiger partial charge in [-0.15, -0.1) is 0 Å². The first-order valence-corrected chi connectivity index (χ1v) is 5.22. The summed E-state index contributed by atoms with van der Waals surface area (Å²) in [5.74, 6) is -0.364. The molecule has 0 atom stereocenters. The van der Waals surface area contributed by atoms with Crippen molar-refractivity contribution >= 4 is 17.3 Å². The highest BCUT2D eigenvalue weighted by Gasteiger charge is 2.07. The molecule has 1 amide bonds. The fourth-order valence-electron chi connectivity index (χ4n) is 1.43. The minimum atomic E-state index is -0.364. The van der Waals surface area contributed by atoms with Crippen molar-refractivity contribution in [2.75, 3.05) is 11.1 Å². The van der Waals surface area contributed by atoms with Crippen LogP contribution in [-0.4, -0.2) is 10.9 Å². The zero-order chi connectivity index (χ0) is 13.0. The molecule has 0 fully saturated rings. The van der Waals surface area contributed by atoms with Crippen molar-refractivity contribution in [2.45, 2.75) is 0 Å². The van der Waals surface area contributed by atoms with Crippen LogP contribution in [0.1, 0.15) is 16.1 Å². The summed E-state index contributed by atoms with van der Waals surface area (Å²) in [6, 6.07) is 11.7. The lowest BCUT2D eigenvalue weighted by Gasteiger charge is -2.05. The Labute approximate surface area is 104 Å². The third-order valence-corrected chi connectivity index (χ3v) is 2.27. The molecular weight excluding hydrogens is 228 g/mol. The summed E-state index contributed by atoms with van der Waals surface area (Å²) in [5.41, 5.74) is 7.30. The Morgan fingerprint density at radius 3 is 2.89 bits per heavy atom. The van der Waals surface area contributed by atoms with Gasteiger partial charge in [-0.25, -0.2) is 0 Å². The summed E-state index contributed by atoms with van der Waals surface area (Å²) in [4.78, 5) is 15.8. The number of nitrogens with two attached hydrogens (primary N) is 1. The number of nitrogen functional groups attached to an aromatic ring is 1. The third-order valence-electron chi connectivity index (χ3n) is 2.27. The summed E-state index contributed by atoms with van der Waals surface area (Å²) >= 11 is 0. The Morgan fingerprint density at radius 1 is 1.33 bits per heavy atom. The normalized spacial score (nSPS) is 9.50. The smallest absolute Gasteiger partial charge is 0.274 e. The number of carbonyl (C=O) groups excluding carboxylic acids is 1. The number of nitrogens with zero attached hydrogens (tertiary/aromatic N) is 2. The summed E-state index contributed by atoms with van der Waals surface area (Å²) in [5, 5.41) is 11.4. The van der Waals surface area contributed by atoms with Crippen molar-refractivity contribution in [3.8, 4) is 6.07 Å². The number of aromatic nitrogens is 1. The lowest BCUT2D eigenvalue weighted by atomic mass is 10.2. The van der Waals surface area contributed by atoms with Gasteiger partial charge in [0, 0.05) is 17.6 Å². The number of nitriles is 1. The molecule has 5 nitrogen and oxygen atoms in total. The first-order chi connectivity index (χ1) is 8.69. The van der Waals surface area contributed by atoms with Gasteiger partial charge in [-0.1, -0.05) is 6.07 Å². The van der Waals surface area contributed by atoms with Crippen LogP contribution in [0.15, 0.2) is 42.6 Å². The van der Waals surface area contributed by atoms with E-state index in [1.807, 2.05) is 6.07 Å². The molecular formula is C13H10N4O. The SMILES string of the molecule is N#Cc1cccc(NC(=O)c2cc(N)ccn2)c1. The van der Waals surface area contributed by atoms with Gasteiger partial charge in [0.2, 0.25) is 0 Å². The van der Waals surface area contributed by atoms with Gasteiger partial charge in [-0.2, -0.15) is 5.26 Å². The maximum atomic E-state index is 11.9. The number of carbonyl (C=O) groups is 1. The topological polar surface area (TPSA) is 91.8 Å². The Balaban J connectivity index is 2.19. The van der Waals surface area contributed by atoms with E-state index in [1.54, 1.807) is 30.3 Å². The highest BCUT2D eigenvalue weighted by atomic mass is 16.1. The van der Waals surface area contributed by atoms with Crippen molar-refractivity contribution in [2.24, 2.45) is 0 Å². The van der Waals surface area contributed by atoms with Crippen LogP contribution < -0.4 is 11.1 Å². The summed E-state index contributed by atoms with van der Waals surface area (Å²) in [6.07, 6.45) is 1.47. The molecule has 0 spiro atoms. The molecule has 0 radical (unpaired) electrons. The van der Waals surface area contributed by atoms with Gasteiger partial charge < -0.3 is 11.1 Å². The molecule has 5 heteroatoms. The standard InChI is InChI=1S/C13H10N4O/c14-8-9-2-1-3-11(6-9)17-13(18)12-7-10(15)4-5-16-12/h1-7H,(H2,15,16)(H,17,18). The van der Waals surface area contributed by atoms with E-state index in [1.165, 1.54) is 12.3 Å². The Hall–Kier alpha value is -2.87. The number of rotatable bonds is 2. The molecule has 18 heavy (non-hydrogen) atoms. The van der Waals surface area contributed by atoms with Crippen LogP contribution in [0.3, 0.4) is 0 Å². The van der Waals surface area contributed by atoms with Crippen molar-refractivity contribution in [1.29, 1.82) is 5.26 Å². The number of hydrogen-bond donors (Lipinski definition) is 2. The molecule has 88 valence electrons. The third kappa shape index (κ3) is 2.62. The van der Waals surface area contributed by atoms with Crippen LogP contribution in [0.4, 0.5) is 11.4 Å². The molecule has 1 aromatic heterocycles. The van der Waals surface area contributed by atoms with E-state index < -0.39 is 0 Å². The Kier molecular flexibility index (Phi) is 3.21. The van der Waals surface area contributed by atoms with Gasteiger partial charge in [-0.05, 0) is 30.3 Å². The van der Waals surface area contributed by atoms with E-state index in [0.29, 0.717) is 16.9 Å². The average Bonchev–Trinajstić information content (AvgIpc) is 2.39. The molecule has 3 N–H and O–H groups in total. The van der Waals surface area contributed by atoms with Crippen LogP contribution in [0, 0.1) is 11.3 Å². The van der Waals surface area contributed by atoms with Crippen LogP contribution >= 0.6 is 0 Å². The number of amides is 1. The van der Waals surface area contributed by atoms with Gasteiger partial charge in [-0.3, -0.25) is 9.78 Å². The van der Waals surface area contributed by atoms with Crippen molar-refractivity contribution in [3.63, 3.8) is 0 Å². The molecule has 1 heterocycles. The van der Waals surface area contributed by atoms with Gasteiger partial charge in [0.1, 0.15) is 5.69 Å². The van der Waals surface area contributed by atoms with E-state index in [9.17, 15) is 4.79 Å². The molecule has 0 aliphatic rings. The highest BCUT2D eigenvalue weighted by Crippen LogP contribution is 2.11. The zero-order valence-corrected chi connectivity index (χ0v) is 9.42. The van der Waals surface area contributed by atoms with Crippen molar-refractivity contribution in [1.82, 2.24) is 4.98 Å². The number of pyridine rings is 1. The summed E-state index contributed by atoms with van der Waals surface area (Å²) in [6.45, 7) is 0. The second-order valence-electron chi connectivity index (χ2n) is 3.62. The first-order valence-electron chi connectivity index (χ1n) is 5.22. The van der Waals surface area contributed by atoms with Crippen molar-refractivity contribution < 1.29 is 4.79 Å². The zero-order valence-electron chi connectivity index (χ0n) is 9.42. The van der Waals surface area contributed by atoms with E-state index in [0.717, 1.165) is 0 Å². The van der Waals surface area contributed by atoms with E-state index in [-0.39, 0.29) is 11.6 Å². The molecule has 2 rings (SSSR count). The molecule has 2 aromatic rings. The number of benzene rings is 1. The highest BCUT2D eigenvalue weighted by molar-refractivity contribution is 6.03. The average molecular weight is 238 g/mol. The van der Waals surface area contributed by atoms with Crippen LogP contribution in [0.25, 0.3) is 0 Å². The predicted octanol–water partition coefficient (Wildman–Crippen LogP) is 1.79. The molecule has 0 unspecified atom stereocenters. The molecule has 1 aromatic carbocycles. The van der Waals surface area contributed by atoms with Gasteiger partial charge >= 0.3 is 0 Å². The van der Waals surface area contributed by atoms with Crippen LogP contribution in [0.2, 0.25) is 0 Å². The lowest BCUT2D eigenvalue weighted by Crippen LogP contribution is -2.13. The van der Waals surface area contributed by atoms with E-state index in [4.69, 9.17) is 11.0 Å². The van der Waals surface area contributed by atoms with Crippen molar-refractivity contribution in [3.05, 3.63) is 53.9 Å². The first kappa shape index (κ1) is 11.6. The minimum Gasteiger partial charge on any atom is -0.399 e. The van der Waals surface area contributed by atoms with Gasteiger partial charge in [0.05, 0.1) is 11.6 Å². The number of anilines is 2. The molecule has 0 aliphatic heterocycles. The number of nitrogens with one attached hydrogen (secondary N) is 1. The summed E-state index contributed by atoms with van der Waals surface area (Å²) in [7, 11) is 0. The van der Waals surface area contributed by atoms with E-state index >= 15 is 0 Å². The second kappa shape index (κ2) is 4.97. The maximum absolute atomic E-state index is 11.9. The molecule has 0 aliphatic carbocycles.